The molecular formula is C31H40N4O4S2. The summed E-state index contributed by atoms with van der Waals surface area (Å²) in [6, 6.07) is 13.7. The zero-order valence-corrected chi connectivity index (χ0v) is 26.4. The topological polar surface area (TPSA) is 101 Å². The van der Waals surface area contributed by atoms with E-state index in [4.69, 9.17) is 4.74 Å². The van der Waals surface area contributed by atoms with E-state index in [9.17, 15) is 13.2 Å². The van der Waals surface area contributed by atoms with Crippen molar-refractivity contribution in [2.45, 2.75) is 52.0 Å². The molecule has 1 aromatic heterocycles. The number of anilines is 1. The molecule has 2 aliphatic heterocycles. The molecule has 1 atom stereocenters. The van der Waals surface area contributed by atoms with Gasteiger partial charge in [-0.05, 0) is 78.7 Å². The molecule has 1 N–H and O–H groups in total. The molecular weight excluding hydrogens is 556 g/mol. The number of carbonyl (C=O) groups excluding carboxylic acids is 1. The highest BCUT2D eigenvalue weighted by molar-refractivity contribution is 8.17. The van der Waals surface area contributed by atoms with E-state index in [-0.39, 0.29) is 51.6 Å². The molecule has 1 fully saturated rings. The van der Waals surface area contributed by atoms with Crippen LogP contribution in [0.15, 0.2) is 53.4 Å². The predicted octanol–water partition coefficient (Wildman–Crippen LogP) is 5.46. The first kappa shape index (κ1) is 29.4. The SMILES string of the molecule is Cc1cccc(C)c1-c1cc2nc(n1)NS(=O)(=O)c1cccc(c1)C(=O)N(CC1C[SH](C)C1)[C@H](CC(C)(C)C)CO2. The van der Waals surface area contributed by atoms with Gasteiger partial charge < -0.3 is 9.64 Å². The number of hydrogen-bond acceptors (Lipinski definition) is 6. The second-order valence-electron chi connectivity index (χ2n) is 12.6. The zero-order chi connectivity index (χ0) is 29.5. The van der Waals surface area contributed by atoms with E-state index < -0.39 is 10.0 Å². The van der Waals surface area contributed by atoms with Gasteiger partial charge in [-0.1, -0.05) is 45.0 Å². The number of nitrogens with zero attached hydrogens (tertiary/aromatic N) is 3. The van der Waals surface area contributed by atoms with Gasteiger partial charge in [0.1, 0.15) is 6.61 Å². The molecule has 41 heavy (non-hydrogen) atoms. The van der Waals surface area contributed by atoms with Crippen LogP contribution in [0.4, 0.5) is 5.95 Å². The Balaban J connectivity index is 1.65. The number of amides is 1. The molecule has 0 unspecified atom stereocenters. The lowest BCUT2D eigenvalue weighted by atomic mass is 9.87. The van der Waals surface area contributed by atoms with Gasteiger partial charge in [-0.25, -0.2) is 18.1 Å². The molecule has 0 radical (unpaired) electrons. The molecule has 3 heterocycles. The van der Waals surface area contributed by atoms with Crippen LogP contribution in [0, 0.1) is 25.2 Å². The molecule has 10 heteroatoms. The maximum Gasteiger partial charge on any atom is 0.264 e. The molecule has 220 valence electrons. The van der Waals surface area contributed by atoms with E-state index >= 15 is 0 Å². The van der Waals surface area contributed by atoms with Crippen molar-refractivity contribution in [2.24, 2.45) is 11.3 Å². The lowest BCUT2D eigenvalue weighted by molar-refractivity contribution is 0.0501. The summed E-state index contributed by atoms with van der Waals surface area (Å²) in [6.07, 6.45) is 3.01. The van der Waals surface area contributed by atoms with Crippen LogP contribution in [-0.2, 0) is 10.0 Å². The number of aromatic nitrogens is 2. The van der Waals surface area contributed by atoms with Crippen molar-refractivity contribution >= 4 is 32.8 Å². The molecule has 0 spiro atoms. The van der Waals surface area contributed by atoms with Crippen LogP contribution < -0.4 is 9.46 Å². The largest absolute Gasteiger partial charge is 0.475 e. The van der Waals surface area contributed by atoms with Crippen LogP contribution in [0.1, 0.15) is 48.7 Å². The van der Waals surface area contributed by atoms with Crippen LogP contribution in [0.2, 0.25) is 0 Å². The van der Waals surface area contributed by atoms with Crippen LogP contribution in [0.5, 0.6) is 5.88 Å². The Kier molecular flexibility index (Phi) is 8.09. The molecule has 0 aliphatic carbocycles. The quantitative estimate of drug-likeness (QED) is 0.388. The molecule has 8 nitrogen and oxygen atoms in total. The van der Waals surface area contributed by atoms with Gasteiger partial charge in [0.2, 0.25) is 11.8 Å². The molecule has 0 saturated carbocycles. The Morgan fingerprint density at radius 1 is 1.05 bits per heavy atom. The van der Waals surface area contributed by atoms with Crippen molar-refractivity contribution in [3.63, 3.8) is 0 Å². The van der Waals surface area contributed by atoms with Gasteiger partial charge in [-0.2, -0.15) is 4.98 Å². The standard InChI is InChI=1S/C31H40N4O4S2/c1-20-9-7-10-21(2)28(20)26-14-27-33-30(32-26)34-41(37,38)25-12-8-11-23(13-25)29(36)35(16-22-18-40(6)19-22)24(17-39-27)15-31(3,4)5/h7-14,22,24,40H,15-19H2,1-6H3,(H,32,33,34)/t24-/m1/s1. The van der Waals surface area contributed by atoms with Gasteiger partial charge in [0.25, 0.3) is 15.9 Å². The molecule has 2 aliphatic rings. The van der Waals surface area contributed by atoms with Gasteiger partial charge in [0.05, 0.1) is 16.6 Å². The summed E-state index contributed by atoms with van der Waals surface area (Å²) in [5.41, 5.74) is 3.74. The van der Waals surface area contributed by atoms with E-state index in [0.717, 1.165) is 28.2 Å². The fourth-order valence-electron chi connectivity index (χ4n) is 5.80. The summed E-state index contributed by atoms with van der Waals surface area (Å²) >= 11 is 0. The number of aryl methyl sites for hydroxylation is 2. The molecule has 3 aromatic rings. The maximum absolute atomic E-state index is 14.1. The van der Waals surface area contributed by atoms with Gasteiger partial charge >= 0.3 is 0 Å². The predicted molar refractivity (Wildman–Crippen MR) is 167 cm³/mol. The fourth-order valence-corrected chi connectivity index (χ4v) is 8.68. The summed E-state index contributed by atoms with van der Waals surface area (Å²) < 4.78 is 35.9. The van der Waals surface area contributed by atoms with Crippen molar-refractivity contribution in [3.8, 4) is 17.1 Å². The minimum atomic E-state index is -4.08. The number of sulfonamides is 1. The molecule has 2 aromatic carbocycles. The highest BCUT2D eigenvalue weighted by Crippen LogP contribution is 2.39. The number of ether oxygens (including phenoxy) is 1. The minimum absolute atomic E-state index is 0.0146. The van der Waals surface area contributed by atoms with Crippen LogP contribution in [0.3, 0.4) is 0 Å². The first-order valence-electron chi connectivity index (χ1n) is 14.0. The average molecular weight is 597 g/mol. The van der Waals surface area contributed by atoms with Crippen molar-refractivity contribution in [1.29, 1.82) is 0 Å². The summed E-state index contributed by atoms with van der Waals surface area (Å²) in [7, 11) is -4.05. The Bertz CT molecular complexity index is 1540. The smallest absolute Gasteiger partial charge is 0.264 e. The molecule has 4 bridgehead atoms. The number of carbonyl (C=O) groups is 1. The number of nitrogens with one attached hydrogen (secondary N) is 1. The van der Waals surface area contributed by atoms with E-state index in [0.29, 0.717) is 30.1 Å². The Labute approximate surface area is 246 Å². The van der Waals surface area contributed by atoms with E-state index in [1.165, 1.54) is 12.1 Å². The monoisotopic (exact) mass is 596 g/mol. The highest BCUT2D eigenvalue weighted by Gasteiger charge is 2.35. The summed E-state index contributed by atoms with van der Waals surface area (Å²) in [6.45, 7) is 11.3. The van der Waals surface area contributed by atoms with Crippen molar-refractivity contribution in [2.75, 3.05) is 35.6 Å². The number of thiol groups is 1. The van der Waals surface area contributed by atoms with Crippen molar-refractivity contribution in [3.05, 3.63) is 65.2 Å². The van der Waals surface area contributed by atoms with Gasteiger partial charge in [-0.3, -0.25) is 15.7 Å². The fraction of sp³-hybridized carbons (Fsp3) is 0.452. The number of hydrogen-bond donors (Lipinski definition) is 2. The normalized spacial score (nSPS) is 23.2. The van der Waals surface area contributed by atoms with E-state index in [1.807, 2.05) is 36.9 Å². The third-order valence-electron chi connectivity index (χ3n) is 7.62. The molecule has 1 amide bonds. The summed E-state index contributed by atoms with van der Waals surface area (Å²) in [5, 5.41) is 0. The second kappa shape index (κ2) is 11.3. The third-order valence-corrected chi connectivity index (χ3v) is 11.2. The number of fused-ring (bicyclic) bond motifs is 4. The Morgan fingerprint density at radius 2 is 1.73 bits per heavy atom. The summed E-state index contributed by atoms with van der Waals surface area (Å²) in [5.74, 6) is 2.70. The van der Waals surface area contributed by atoms with Gasteiger partial charge in [-0.15, -0.1) is 0 Å². The van der Waals surface area contributed by atoms with Gasteiger partial charge in [0, 0.05) is 23.7 Å². The minimum Gasteiger partial charge on any atom is -0.475 e. The Morgan fingerprint density at radius 3 is 2.39 bits per heavy atom. The second-order valence-corrected chi connectivity index (χ2v) is 16.7. The first-order valence-corrected chi connectivity index (χ1v) is 17.6. The average Bonchev–Trinajstić information content (AvgIpc) is 2.87. The van der Waals surface area contributed by atoms with E-state index in [1.54, 1.807) is 18.2 Å². The van der Waals surface area contributed by atoms with Crippen LogP contribution in [0.25, 0.3) is 11.3 Å². The van der Waals surface area contributed by atoms with Crippen LogP contribution >= 0.6 is 10.9 Å². The van der Waals surface area contributed by atoms with Gasteiger partial charge in [0.15, 0.2) is 0 Å². The third kappa shape index (κ3) is 6.70. The van der Waals surface area contributed by atoms with Crippen molar-refractivity contribution in [1.82, 2.24) is 14.9 Å². The van der Waals surface area contributed by atoms with Crippen LogP contribution in [-0.4, -0.2) is 66.1 Å². The summed E-state index contributed by atoms with van der Waals surface area (Å²) in [4.78, 5) is 25.1. The lowest BCUT2D eigenvalue weighted by Gasteiger charge is -2.43. The number of rotatable bonds is 4. The van der Waals surface area contributed by atoms with Crippen molar-refractivity contribution < 1.29 is 17.9 Å². The molecule has 5 rings (SSSR count). The first-order chi connectivity index (χ1) is 19.3. The lowest BCUT2D eigenvalue weighted by Crippen LogP contribution is -2.50. The highest BCUT2D eigenvalue weighted by atomic mass is 32.2. The molecule has 1 saturated heterocycles. The maximum atomic E-state index is 14.1. The zero-order valence-electron chi connectivity index (χ0n) is 24.6. The number of benzene rings is 2. The van der Waals surface area contributed by atoms with E-state index in [2.05, 4.69) is 41.7 Å². The Hall–Kier alpha value is -3.11.